The number of hydrogen-bond acceptors (Lipinski definition) is 9. The SMILES string of the molecule is CCCCCCCCCCCCSCCC(=O)OCC(CO)(COC(=O)CC)COC(=O)CCSCCCCCCCCCCCC. The molecule has 0 radical (unpaired) electrons. The highest BCUT2D eigenvalue weighted by atomic mass is 32.2. The van der Waals surface area contributed by atoms with Crippen LogP contribution in [0.4, 0.5) is 0 Å². The maximum Gasteiger partial charge on any atom is 0.306 e. The Bertz CT molecular complexity index is 689. The standard InChI is InChI=1S/C38H72O7S2/c1-4-7-9-11-13-15-17-19-21-23-27-46-29-25-36(41)44-33-38(31-39,32-43-35(40)6-3)34-45-37(42)26-30-47-28-24-22-20-18-16-14-12-10-8-5-2/h39H,4-34H2,1-3H3. The Balaban J connectivity index is 4.18. The number of thioether (sulfide) groups is 2. The fraction of sp³-hybridized carbons (Fsp3) is 0.921. The normalized spacial score (nSPS) is 11.5. The maximum absolute atomic E-state index is 12.5. The smallest absolute Gasteiger partial charge is 0.306 e. The van der Waals surface area contributed by atoms with Crippen LogP contribution in [0.1, 0.15) is 168 Å². The zero-order chi connectivity index (χ0) is 34.7. The molecule has 0 aliphatic rings. The number of esters is 3. The number of aliphatic hydroxyl groups is 1. The van der Waals surface area contributed by atoms with E-state index >= 15 is 0 Å². The third kappa shape index (κ3) is 30.8. The van der Waals surface area contributed by atoms with Crippen molar-refractivity contribution in [3.05, 3.63) is 0 Å². The second kappa shape index (κ2) is 34.9. The first-order chi connectivity index (χ1) is 22.9. The van der Waals surface area contributed by atoms with Crippen LogP contribution in [-0.4, -0.2) is 72.5 Å². The first-order valence-electron chi connectivity index (χ1n) is 19.2. The predicted octanol–water partition coefficient (Wildman–Crippen LogP) is 10.1. The third-order valence-corrected chi connectivity index (χ3v) is 10.6. The van der Waals surface area contributed by atoms with E-state index in [4.69, 9.17) is 14.2 Å². The molecule has 0 fully saturated rings. The van der Waals surface area contributed by atoms with E-state index < -0.39 is 18.0 Å². The number of rotatable bonds is 36. The Morgan fingerprint density at radius 1 is 0.468 bits per heavy atom. The molecule has 0 heterocycles. The van der Waals surface area contributed by atoms with Gasteiger partial charge in [0.15, 0.2) is 0 Å². The van der Waals surface area contributed by atoms with E-state index in [1.165, 1.54) is 116 Å². The highest BCUT2D eigenvalue weighted by Gasteiger charge is 2.35. The zero-order valence-electron chi connectivity index (χ0n) is 30.6. The van der Waals surface area contributed by atoms with E-state index in [1.807, 2.05) is 0 Å². The number of hydrogen-bond donors (Lipinski definition) is 1. The second-order valence-corrected chi connectivity index (χ2v) is 15.5. The summed E-state index contributed by atoms with van der Waals surface area (Å²) in [6, 6.07) is 0. The van der Waals surface area contributed by atoms with Gasteiger partial charge in [0.25, 0.3) is 0 Å². The molecule has 7 nitrogen and oxygen atoms in total. The lowest BCUT2D eigenvalue weighted by atomic mass is 9.92. The molecule has 0 aliphatic carbocycles. The summed E-state index contributed by atoms with van der Waals surface area (Å²) in [4.78, 5) is 36.7. The molecule has 0 saturated heterocycles. The van der Waals surface area contributed by atoms with Crippen molar-refractivity contribution in [1.29, 1.82) is 0 Å². The molecule has 1 N–H and O–H groups in total. The lowest BCUT2D eigenvalue weighted by Gasteiger charge is -2.30. The molecule has 0 aromatic carbocycles. The van der Waals surface area contributed by atoms with Crippen LogP contribution < -0.4 is 0 Å². The van der Waals surface area contributed by atoms with Crippen LogP contribution in [0, 0.1) is 5.41 Å². The molecule has 0 bridgehead atoms. The average Bonchev–Trinajstić information content (AvgIpc) is 3.08. The Morgan fingerprint density at radius 2 is 0.787 bits per heavy atom. The van der Waals surface area contributed by atoms with E-state index in [2.05, 4.69) is 13.8 Å². The van der Waals surface area contributed by atoms with Crippen molar-refractivity contribution in [2.75, 3.05) is 49.4 Å². The van der Waals surface area contributed by atoms with Crippen molar-refractivity contribution in [1.82, 2.24) is 0 Å². The first kappa shape index (κ1) is 46.1. The Kier molecular flexibility index (Phi) is 34.2. The summed E-state index contributed by atoms with van der Waals surface area (Å²) in [5.41, 5.74) is -1.18. The largest absolute Gasteiger partial charge is 0.465 e. The molecular formula is C38H72O7S2. The van der Waals surface area contributed by atoms with Crippen molar-refractivity contribution in [2.45, 2.75) is 168 Å². The van der Waals surface area contributed by atoms with E-state index in [1.54, 1.807) is 30.4 Å². The molecular weight excluding hydrogens is 633 g/mol. The number of aliphatic hydroxyl groups excluding tert-OH is 1. The van der Waals surface area contributed by atoms with E-state index in [0.29, 0.717) is 11.5 Å². The second-order valence-electron chi connectivity index (χ2n) is 13.1. The summed E-state index contributed by atoms with van der Waals surface area (Å²) >= 11 is 3.52. The molecule has 47 heavy (non-hydrogen) atoms. The fourth-order valence-corrected chi connectivity index (χ4v) is 6.95. The molecule has 9 heteroatoms. The molecule has 0 rings (SSSR count). The van der Waals surface area contributed by atoms with Crippen LogP contribution in [0.25, 0.3) is 0 Å². The summed E-state index contributed by atoms with van der Waals surface area (Å²) < 4.78 is 16.3. The molecule has 0 unspecified atom stereocenters. The van der Waals surface area contributed by atoms with Gasteiger partial charge in [-0.15, -0.1) is 0 Å². The fourth-order valence-electron chi connectivity index (χ4n) is 5.11. The summed E-state index contributed by atoms with van der Waals surface area (Å²) in [6.45, 7) is 5.21. The minimum absolute atomic E-state index is 0.177. The van der Waals surface area contributed by atoms with Gasteiger partial charge in [-0.3, -0.25) is 14.4 Å². The summed E-state index contributed by atoms with van der Waals surface area (Å²) in [6.07, 6.45) is 26.9. The highest BCUT2D eigenvalue weighted by Crippen LogP contribution is 2.21. The summed E-state index contributed by atoms with van der Waals surface area (Å²) in [5.74, 6) is 2.27. The van der Waals surface area contributed by atoms with Crippen molar-refractivity contribution >= 4 is 41.4 Å². The van der Waals surface area contributed by atoms with Crippen molar-refractivity contribution in [3.63, 3.8) is 0 Å². The van der Waals surface area contributed by atoms with E-state index in [-0.39, 0.29) is 51.0 Å². The van der Waals surface area contributed by atoms with Gasteiger partial charge in [0.1, 0.15) is 19.8 Å². The van der Waals surface area contributed by atoms with Gasteiger partial charge in [-0.1, -0.05) is 136 Å². The number of carbonyl (C=O) groups excluding carboxylic acids is 3. The molecule has 0 aliphatic heterocycles. The third-order valence-electron chi connectivity index (χ3n) is 8.43. The molecule has 278 valence electrons. The number of carbonyl (C=O) groups is 3. The molecule has 0 aromatic heterocycles. The van der Waals surface area contributed by atoms with Crippen LogP contribution in [0.5, 0.6) is 0 Å². The molecule has 0 atom stereocenters. The van der Waals surface area contributed by atoms with Crippen molar-refractivity contribution in [3.8, 4) is 0 Å². The van der Waals surface area contributed by atoms with Crippen LogP contribution in [0.2, 0.25) is 0 Å². The minimum Gasteiger partial charge on any atom is -0.465 e. The summed E-state index contributed by atoms with van der Waals surface area (Å²) in [5, 5.41) is 10.2. The maximum atomic E-state index is 12.5. The van der Waals surface area contributed by atoms with Gasteiger partial charge in [0.2, 0.25) is 0 Å². The summed E-state index contributed by atoms with van der Waals surface area (Å²) in [7, 11) is 0. The molecule has 0 spiro atoms. The van der Waals surface area contributed by atoms with E-state index in [0.717, 1.165) is 24.3 Å². The quantitative estimate of drug-likeness (QED) is 0.0388. The van der Waals surface area contributed by atoms with Gasteiger partial charge in [-0.05, 0) is 24.3 Å². The molecule has 0 aromatic rings. The monoisotopic (exact) mass is 704 g/mol. The van der Waals surface area contributed by atoms with Crippen LogP contribution in [0.3, 0.4) is 0 Å². The Hall–Kier alpha value is -0.930. The van der Waals surface area contributed by atoms with Crippen LogP contribution in [0.15, 0.2) is 0 Å². The van der Waals surface area contributed by atoms with Gasteiger partial charge in [0, 0.05) is 17.9 Å². The van der Waals surface area contributed by atoms with E-state index in [9.17, 15) is 19.5 Å². The zero-order valence-corrected chi connectivity index (χ0v) is 32.3. The lowest BCUT2D eigenvalue weighted by Crippen LogP contribution is -2.42. The van der Waals surface area contributed by atoms with Crippen LogP contribution in [-0.2, 0) is 28.6 Å². The van der Waals surface area contributed by atoms with Crippen molar-refractivity contribution in [2.24, 2.45) is 5.41 Å². The first-order valence-corrected chi connectivity index (χ1v) is 21.5. The predicted molar refractivity (Wildman–Crippen MR) is 200 cm³/mol. The average molecular weight is 705 g/mol. The highest BCUT2D eigenvalue weighted by molar-refractivity contribution is 7.99. The Morgan fingerprint density at radius 3 is 1.11 bits per heavy atom. The lowest BCUT2D eigenvalue weighted by molar-refractivity contribution is -0.164. The van der Waals surface area contributed by atoms with Gasteiger partial charge in [0.05, 0.1) is 24.9 Å². The number of unbranched alkanes of at least 4 members (excludes halogenated alkanes) is 18. The Labute approximate surface area is 297 Å². The topological polar surface area (TPSA) is 99.1 Å². The molecule has 0 amide bonds. The van der Waals surface area contributed by atoms with Gasteiger partial charge >= 0.3 is 17.9 Å². The van der Waals surface area contributed by atoms with Gasteiger partial charge < -0.3 is 19.3 Å². The minimum atomic E-state index is -1.18. The number of ether oxygens (including phenoxy) is 3. The molecule has 0 saturated carbocycles. The van der Waals surface area contributed by atoms with Crippen molar-refractivity contribution < 1.29 is 33.7 Å². The van der Waals surface area contributed by atoms with Gasteiger partial charge in [-0.2, -0.15) is 23.5 Å². The van der Waals surface area contributed by atoms with Crippen LogP contribution >= 0.6 is 23.5 Å². The van der Waals surface area contributed by atoms with Gasteiger partial charge in [-0.25, -0.2) is 0 Å².